The van der Waals surface area contributed by atoms with Crippen molar-refractivity contribution in [3.63, 3.8) is 0 Å². The monoisotopic (exact) mass is 275 g/mol. The van der Waals surface area contributed by atoms with E-state index < -0.39 is 0 Å². The van der Waals surface area contributed by atoms with Crippen LogP contribution in [-0.4, -0.2) is 25.7 Å². The lowest BCUT2D eigenvalue weighted by Crippen LogP contribution is -2.37. The molecule has 0 radical (unpaired) electrons. The molecule has 3 nitrogen and oxygen atoms in total. The molecule has 1 amide bonds. The highest BCUT2D eigenvalue weighted by Crippen LogP contribution is 2.22. The fraction of sp³-hybridized carbons (Fsp3) is 0.417. The highest BCUT2D eigenvalue weighted by atomic mass is 35.5. The molecule has 1 aromatic carbocycles. The summed E-state index contributed by atoms with van der Waals surface area (Å²) in [6, 6.07) is 4.81. The highest BCUT2D eigenvalue weighted by Gasteiger charge is 2.12. The van der Waals surface area contributed by atoms with Gasteiger partial charge in [-0.25, -0.2) is 0 Å². The van der Waals surface area contributed by atoms with Crippen molar-refractivity contribution >= 4 is 29.1 Å². The quantitative estimate of drug-likeness (QED) is 0.897. The van der Waals surface area contributed by atoms with E-state index in [0.29, 0.717) is 22.2 Å². The van der Waals surface area contributed by atoms with Gasteiger partial charge in [0.25, 0.3) is 5.91 Å². The third-order valence-corrected chi connectivity index (χ3v) is 3.12. The molecule has 0 bridgehead atoms. The number of amides is 1. The Balaban J connectivity index is 2.72. The third kappa shape index (κ3) is 4.19. The van der Waals surface area contributed by atoms with Gasteiger partial charge in [-0.2, -0.15) is 0 Å². The van der Waals surface area contributed by atoms with Crippen LogP contribution in [0, 0.1) is 0 Å². The standard InChI is InChI=1S/C12H15Cl2NO2/c1-3-9(7-17-2)15-12(16)8-4-5-10(13)11(14)6-8/h4-6,9H,3,7H2,1-2H3,(H,15,16). The number of rotatable bonds is 5. The van der Waals surface area contributed by atoms with Crippen molar-refractivity contribution in [3.05, 3.63) is 33.8 Å². The van der Waals surface area contributed by atoms with Crippen molar-refractivity contribution < 1.29 is 9.53 Å². The van der Waals surface area contributed by atoms with Crippen LogP contribution in [0.15, 0.2) is 18.2 Å². The molecule has 0 aliphatic heterocycles. The molecule has 0 heterocycles. The van der Waals surface area contributed by atoms with E-state index in [2.05, 4.69) is 5.32 Å². The van der Waals surface area contributed by atoms with Gasteiger partial charge in [0, 0.05) is 12.7 Å². The zero-order chi connectivity index (χ0) is 12.8. The number of carbonyl (C=O) groups is 1. The summed E-state index contributed by atoms with van der Waals surface area (Å²) in [5, 5.41) is 3.68. The van der Waals surface area contributed by atoms with E-state index in [-0.39, 0.29) is 11.9 Å². The highest BCUT2D eigenvalue weighted by molar-refractivity contribution is 6.42. The van der Waals surface area contributed by atoms with Crippen LogP contribution >= 0.6 is 23.2 Å². The number of methoxy groups -OCH3 is 1. The molecule has 0 spiro atoms. The fourth-order valence-corrected chi connectivity index (χ4v) is 1.67. The number of carbonyl (C=O) groups excluding carboxylic acids is 1. The van der Waals surface area contributed by atoms with Crippen LogP contribution in [0.25, 0.3) is 0 Å². The molecule has 5 heteroatoms. The van der Waals surface area contributed by atoms with Crippen LogP contribution < -0.4 is 5.32 Å². The molecule has 0 aliphatic carbocycles. The van der Waals surface area contributed by atoms with Gasteiger partial charge in [-0.3, -0.25) is 4.79 Å². The van der Waals surface area contributed by atoms with E-state index in [1.807, 2.05) is 6.92 Å². The maximum atomic E-state index is 11.9. The van der Waals surface area contributed by atoms with Crippen LogP contribution in [0.3, 0.4) is 0 Å². The summed E-state index contributed by atoms with van der Waals surface area (Å²) in [6.45, 7) is 2.47. The first-order valence-corrected chi connectivity index (χ1v) is 6.09. The molecule has 1 N–H and O–H groups in total. The SMILES string of the molecule is CCC(COC)NC(=O)c1ccc(Cl)c(Cl)c1. The van der Waals surface area contributed by atoms with E-state index >= 15 is 0 Å². The number of hydrogen-bond donors (Lipinski definition) is 1. The van der Waals surface area contributed by atoms with Crippen molar-refractivity contribution in [1.29, 1.82) is 0 Å². The molecule has 1 aromatic rings. The summed E-state index contributed by atoms with van der Waals surface area (Å²) in [7, 11) is 1.61. The predicted octanol–water partition coefficient (Wildman–Crippen LogP) is 3.15. The van der Waals surface area contributed by atoms with Gasteiger partial charge in [0.2, 0.25) is 0 Å². The second-order valence-electron chi connectivity index (χ2n) is 3.66. The lowest BCUT2D eigenvalue weighted by molar-refractivity contribution is 0.0894. The number of benzene rings is 1. The Morgan fingerprint density at radius 3 is 2.65 bits per heavy atom. The number of ether oxygens (including phenoxy) is 1. The van der Waals surface area contributed by atoms with Gasteiger partial charge in [-0.1, -0.05) is 30.1 Å². The van der Waals surface area contributed by atoms with Crippen molar-refractivity contribution in [2.75, 3.05) is 13.7 Å². The number of nitrogens with one attached hydrogen (secondary N) is 1. The smallest absolute Gasteiger partial charge is 0.251 e. The number of hydrogen-bond acceptors (Lipinski definition) is 2. The average molecular weight is 276 g/mol. The molecule has 1 unspecified atom stereocenters. The summed E-state index contributed by atoms with van der Waals surface area (Å²) in [5.41, 5.74) is 0.494. The Hall–Kier alpha value is -0.770. The fourth-order valence-electron chi connectivity index (χ4n) is 1.37. The normalized spacial score (nSPS) is 12.2. The zero-order valence-corrected chi connectivity index (χ0v) is 11.3. The van der Waals surface area contributed by atoms with Crippen LogP contribution in [0.1, 0.15) is 23.7 Å². The first kappa shape index (κ1) is 14.3. The minimum atomic E-state index is -0.174. The number of halogens is 2. The van der Waals surface area contributed by atoms with Gasteiger partial charge in [-0.05, 0) is 24.6 Å². The molecule has 0 aliphatic rings. The second kappa shape index (κ2) is 6.84. The summed E-state index contributed by atoms with van der Waals surface area (Å²) in [5.74, 6) is -0.174. The summed E-state index contributed by atoms with van der Waals surface area (Å²) in [6.07, 6.45) is 0.806. The lowest BCUT2D eigenvalue weighted by Gasteiger charge is -2.16. The van der Waals surface area contributed by atoms with Gasteiger partial charge < -0.3 is 10.1 Å². The first-order chi connectivity index (χ1) is 8.08. The van der Waals surface area contributed by atoms with E-state index in [1.165, 1.54) is 0 Å². The molecule has 1 rings (SSSR count). The Morgan fingerprint density at radius 2 is 2.12 bits per heavy atom. The lowest BCUT2D eigenvalue weighted by atomic mass is 10.2. The van der Waals surface area contributed by atoms with Crippen molar-refractivity contribution in [2.24, 2.45) is 0 Å². The average Bonchev–Trinajstić information content (AvgIpc) is 2.31. The van der Waals surface area contributed by atoms with E-state index in [1.54, 1.807) is 25.3 Å². The van der Waals surface area contributed by atoms with Crippen LogP contribution in [0.4, 0.5) is 0 Å². The Labute approximate surface area is 111 Å². The Morgan fingerprint density at radius 1 is 1.41 bits per heavy atom. The molecule has 0 saturated heterocycles. The van der Waals surface area contributed by atoms with Gasteiger partial charge in [0.1, 0.15) is 0 Å². The Kier molecular flexibility index (Phi) is 5.75. The largest absolute Gasteiger partial charge is 0.383 e. The van der Waals surface area contributed by atoms with Crippen molar-refractivity contribution in [3.8, 4) is 0 Å². The van der Waals surface area contributed by atoms with Crippen molar-refractivity contribution in [1.82, 2.24) is 5.32 Å². The van der Waals surface area contributed by atoms with Gasteiger partial charge in [-0.15, -0.1) is 0 Å². The van der Waals surface area contributed by atoms with E-state index in [4.69, 9.17) is 27.9 Å². The van der Waals surface area contributed by atoms with E-state index in [9.17, 15) is 4.79 Å². The van der Waals surface area contributed by atoms with Gasteiger partial charge >= 0.3 is 0 Å². The van der Waals surface area contributed by atoms with Crippen LogP contribution in [-0.2, 0) is 4.74 Å². The summed E-state index contributed by atoms with van der Waals surface area (Å²) < 4.78 is 5.01. The third-order valence-electron chi connectivity index (χ3n) is 2.38. The molecule has 0 aromatic heterocycles. The first-order valence-electron chi connectivity index (χ1n) is 5.33. The maximum absolute atomic E-state index is 11.9. The summed E-state index contributed by atoms with van der Waals surface area (Å²) in [4.78, 5) is 11.9. The molecule has 17 heavy (non-hydrogen) atoms. The molecule has 0 fully saturated rings. The molecular formula is C12H15Cl2NO2. The maximum Gasteiger partial charge on any atom is 0.251 e. The van der Waals surface area contributed by atoms with Crippen molar-refractivity contribution in [2.45, 2.75) is 19.4 Å². The minimum absolute atomic E-state index is 0.00181. The van der Waals surface area contributed by atoms with Crippen LogP contribution in [0.5, 0.6) is 0 Å². The van der Waals surface area contributed by atoms with Gasteiger partial charge in [0.05, 0.1) is 22.7 Å². The topological polar surface area (TPSA) is 38.3 Å². The summed E-state index contributed by atoms with van der Waals surface area (Å²) >= 11 is 11.6. The van der Waals surface area contributed by atoms with E-state index in [0.717, 1.165) is 6.42 Å². The zero-order valence-electron chi connectivity index (χ0n) is 9.80. The molecule has 1 atom stereocenters. The molecule has 94 valence electrons. The molecule has 0 saturated carbocycles. The van der Waals surface area contributed by atoms with Gasteiger partial charge in [0.15, 0.2) is 0 Å². The predicted molar refractivity (Wildman–Crippen MR) is 69.9 cm³/mol. The second-order valence-corrected chi connectivity index (χ2v) is 4.48. The Bertz CT molecular complexity index is 396. The van der Waals surface area contributed by atoms with Crippen LogP contribution in [0.2, 0.25) is 10.0 Å². The minimum Gasteiger partial charge on any atom is -0.383 e. The molecular weight excluding hydrogens is 261 g/mol.